The van der Waals surface area contributed by atoms with Gasteiger partial charge in [0.25, 0.3) is 5.91 Å². The highest BCUT2D eigenvalue weighted by molar-refractivity contribution is 5.93. The third-order valence-electron chi connectivity index (χ3n) is 4.49. The number of nitrogens with zero attached hydrogens (tertiary/aromatic N) is 1. The van der Waals surface area contributed by atoms with E-state index in [1.54, 1.807) is 6.07 Å². The van der Waals surface area contributed by atoms with Gasteiger partial charge in [-0.05, 0) is 36.6 Å². The Morgan fingerprint density at radius 3 is 2.92 bits per heavy atom. The minimum absolute atomic E-state index is 0.188. The van der Waals surface area contributed by atoms with E-state index in [4.69, 9.17) is 4.42 Å². The Morgan fingerprint density at radius 2 is 2.12 bits per heavy atom. The van der Waals surface area contributed by atoms with Gasteiger partial charge in [0, 0.05) is 25.2 Å². The molecule has 1 aliphatic rings. The Bertz CT molecular complexity index is 896. The first-order valence-electron chi connectivity index (χ1n) is 8.39. The van der Waals surface area contributed by atoms with Crippen molar-refractivity contribution in [1.82, 2.24) is 20.8 Å². The Kier molecular flexibility index (Phi) is 4.11. The summed E-state index contributed by atoms with van der Waals surface area (Å²) in [4.78, 5) is 12.3. The summed E-state index contributed by atoms with van der Waals surface area (Å²) in [6.07, 6.45) is 0.911. The number of hydrogen-bond acceptors (Lipinski definition) is 4. The zero-order chi connectivity index (χ0) is 17.2. The quantitative estimate of drug-likeness (QED) is 0.683. The first-order chi connectivity index (χ1) is 12.2. The molecule has 1 aromatic carbocycles. The molecule has 0 saturated heterocycles. The maximum atomic E-state index is 12.3. The van der Waals surface area contributed by atoms with Crippen molar-refractivity contribution < 1.29 is 9.21 Å². The van der Waals surface area contributed by atoms with Crippen molar-refractivity contribution in [3.05, 3.63) is 65.0 Å². The number of furan rings is 1. The number of benzene rings is 1. The number of aryl methyl sites for hydroxylation is 1. The number of nitrogens with one attached hydrogen (secondary N) is 3. The highest BCUT2D eigenvalue weighted by atomic mass is 16.3. The first kappa shape index (κ1) is 15.7. The standard InChI is InChI=1S/C19H20N4O2/c1-12-6-7-18(25-12)16-9-17(23-22-16)19(24)21-11-15-8-13-4-2-3-5-14(13)10-20-15/h2-7,9,15,20H,8,10-11H2,1H3,(H,21,24)(H,22,23). The highest BCUT2D eigenvalue weighted by Crippen LogP contribution is 2.20. The number of carbonyl (C=O) groups is 1. The lowest BCUT2D eigenvalue weighted by molar-refractivity contribution is 0.0944. The molecule has 1 atom stereocenters. The summed E-state index contributed by atoms with van der Waals surface area (Å²) in [5.41, 5.74) is 3.73. The van der Waals surface area contributed by atoms with Crippen LogP contribution in [0.15, 0.2) is 46.9 Å². The van der Waals surface area contributed by atoms with Gasteiger partial charge in [-0.1, -0.05) is 24.3 Å². The van der Waals surface area contributed by atoms with Crippen molar-refractivity contribution in [3.8, 4) is 11.5 Å². The summed E-state index contributed by atoms with van der Waals surface area (Å²) in [5, 5.41) is 13.3. The Balaban J connectivity index is 1.36. The average molecular weight is 336 g/mol. The van der Waals surface area contributed by atoms with Crippen LogP contribution < -0.4 is 10.6 Å². The van der Waals surface area contributed by atoms with E-state index in [1.807, 2.05) is 19.1 Å². The fourth-order valence-corrected chi connectivity index (χ4v) is 3.12. The maximum Gasteiger partial charge on any atom is 0.271 e. The van der Waals surface area contributed by atoms with E-state index in [2.05, 4.69) is 45.1 Å². The molecule has 1 unspecified atom stereocenters. The van der Waals surface area contributed by atoms with E-state index in [1.165, 1.54) is 11.1 Å². The van der Waals surface area contributed by atoms with Crippen LogP contribution in [0.1, 0.15) is 27.4 Å². The van der Waals surface area contributed by atoms with Gasteiger partial charge >= 0.3 is 0 Å². The van der Waals surface area contributed by atoms with Gasteiger partial charge in [0.1, 0.15) is 11.5 Å². The molecule has 1 amide bonds. The lowest BCUT2D eigenvalue weighted by Crippen LogP contribution is -2.44. The average Bonchev–Trinajstić information content (AvgIpc) is 3.28. The zero-order valence-electron chi connectivity index (χ0n) is 14.0. The molecule has 0 fully saturated rings. The molecule has 3 aromatic rings. The van der Waals surface area contributed by atoms with Crippen LogP contribution in [0.5, 0.6) is 0 Å². The lowest BCUT2D eigenvalue weighted by atomic mass is 9.96. The number of amides is 1. The molecule has 0 bridgehead atoms. The summed E-state index contributed by atoms with van der Waals surface area (Å²) < 4.78 is 5.54. The van der Waals surface area contributed by atoms with Crippen molar-refractivity contribution in [3.63, 3.8) is 0 Å². The zero-order valence-corrected chi connectivity index (χ0v) is 14.0. The molecule has 6 nitrogen and oxygen atoms in total. The molecule has 0 aliphatic carbocycles. The van der Waals surface area contributed by atoms with Gasteiger partial charge in [-0.15, -0.1) is 0 Å². The number of H-pyrrole nitrogens is 1. The van der Waals surface area contributed by atoms with Crippen molar-refractivity contribution in [1.29, 1.82) is 0 Å². The van der Waals surface area contributed by atoms with E-state index in [-0.39, 0.29) is 11.9 Å². The predicted molar refractivity (Wildman–Crippen MR) is 94.1 cm³/mol. The molecule has 2 aromatic heterocycles. The fraction of sp³-hybridized carbons (Fsp3) is 0.263. The Labute approximate surface area is 145 Å². The second kappa shape index (κ2) is 6.57. The molecule has 1 aliphatic heterocycles. The molecule has 128 valence electrons. The molecule has 6 heteroatoms. The van der Waals surface area contributed by atoms with Gasteiger partial charge in [0.15, 0.2) is 11.5 Å². The van der Waals surface area contributed by atoms with Crippen molar-refractivity contribution in [2.75, 3.05) is 6.54 Å². The Morgan fingerprint density at radius 1 is 1.28 bits per heavy atom. The number of carbonyl (C=O) groups excluding carboxylic acids is 1. The third kappa shape index (κ3) is 3.34. The first-order valence-corrected chi connectivity index (χ1v) is 8.39. The van der Waals surface area contributed by atoms with Gasteiger partial charge in [0.2, 0.25) is 0 Å². The van der Waals surface area contributed by atoms with E-state index in [9.17, 15) is 4.79 Å². The number of hydrogen-bond donors (Lipinski definition) is 3. The van der Waals surface area contributed by atoms with Crippen LogP contribution in [0.4, 0.5) is 0 Å². The van der Waals surface area contributed by atoms with Gasteiger partial charge in [0.05, 0.1) is 0 Å². The summed E-state index contributed by atoms with van der Waals surface area (Å²) in [6, 6.07) is 14.1. The smallest absolute Gasteiger partial charge is 0.271 e. The molecule has 0 saturated carbocycles. The van der Waals surface area contributed by atoms with Crippen LogP contribution >= 0.6 is 0 Å². The molecule has 3 heterocycles. The van der Waals surface area contributed by atoms with Crippen LogP contribution in [0.3, 0.4) is 0 Å². The molecule has 4 rings (SSSR count). The SMILES string of the molecule is Cc1ccc(-c2cc(C(=O)NCC3Cc4ccccc4CN3)n[nH]2)o1. The van der Waals surface area contributed by atoms with Crippen LogP contribution in [0.2, 0.25) is 0 Å². The van der Waals surface area contributed by atoms with E-state index < -0.39 is 0 Å². The minimum atomic E-state index is -0.188. The molecule has 3 N–H and O–H groups in total. The van der Waals surface area contributed by atoms with Crippen molar-refractivity contribution in [2.24, 2.45) is 0 Å². The van der Waals surface area contributed by atoms with Gasteiger partial charge in [-0.25, -0.2) is 0 Å². The van der Waals surface area contributed by atoms with Gasteiger partial charge < -0.3 is 15.1 Å². The summed E-state index contributed by atoms with van der Waals surface area (Å²) in [5.74, 6) is 1.31. The van der Waals surface area contributed by atoms with Gasteiger partial charge in [-0.3, -0.25) is 9.89 Å². The molecule has 0 radical (unpaired) electrons. The lowest BCUT2D eigenvalue weighted by Gasteiger charge is -2.26. The van der Waals surface area contributed by atoms with Crippen LogP contribution in [-0.2, 0) is 13.0 Å². The second-order valence-corrected chi connectivity index (χ2v) is 6.34. The van der Waals surface area contributed by atoms with Crippen LogP contribution in [0.25, 0.3) is 11.5 Å². The number of fused-ring (bicyclic) bond motifs is 1. The van der Waals surface area contributed by atoms with E-state index in [0.717, 1.165) is 18.7 Å². The maximum absolute atomic E-state index is 12.3. The highest BCUT2D eigenvalue weighted by Gasteiger charge is 2.19. The molecule has 0 spiro atoms. The van der Waals surface area contributed by atoms with E-state index >= 15 is 0 Å². The summed E-state index contributed by atoms with van der Waals surface area (Å²) >= 11 is 0. The normalized spacial score (nSPS) is 16.4. The second-order valence-electron chi connectivity index (χ2n) is 6.34. The van der Waals surface area contributed by atoms with Crippen molar-refractivity contribution in [2.45, 2.75) is 25.9 Å². The molecular formula is C19H20N4O2. The van der Waals surface area contributed by atoms with Crippen LogP contribution in [-0.4, -0.2) is 28.7 Å². The monoisotopic (exact) mass is 336 g/mol. The summed E-state index contributed by atoms with van der Waals surface area (Å²) in [6.45, 7) is 3.28. The number of aromatic amines is 1. The number of rotatable bonds is 4. The topological polar surface area (TPSA) is 83.0 Å². The molecular weight excluding hydrogens is 316 g/mol. The third-order valence-corrected chi connectivity index (χ3v) is 4.49. The fourth-order valence-electron chi connectivity index (χ4n) is 3.12. The van der Waals surface area contributed by atoms with Gasteiger partial charge in [-0.2, -0.15) is 5.10 Å². The largest absolute Gasteiger partial charge is 0.460 e. The van der Waals surface area contributed by atoms with Crippen molar-refractivity contribution >= 4 is 5.91 Å². The minimum Gasteiger partial charge on any atom is -0.460 e. The summed E-state index contributed by atoms with van der Waals surface area (Å²) in [7, 11) is 0. The Hall–Kier alpha value is -2.86. The molecule has 25 heavy (non-hydrogen) atoms. The predicted octanol–water partition coefficient (Wildman–Crippen LogP) is 2.42. The number of aromatic nitrogens is 2. The van der Waals surface area contributed by atoms with Crippen LogP contribution in [0, 0.1) is 6.92 Å². The van der Waals surface area contributed by atoms with E-state index in [0.29, 0.717) is 23.7 Å².